The van der Waals surface area contributed by atoms with E-state index in [2.05, 4.69) is 6.92 Å². The Hall–Kier alpha value is -1.22. The number of benzene rings is 1. The quantitative estimate of drug-likeness (QED) is 0.836. The van der Waals surface area contributed by atoms with E-state index in [9.17, 15) is 4.79 Å². The lowest BCUT2D eigenvalue weighted by Crippen LogP contribution is -2.39. The molecule has 0 aromatic heterocycles. The Bertz CT molecular complexity index is 427. The number of carbonyl (C=O) groups excluding carboxylic acids is 1. The lowest BCUT2D eigenvalue weighted by Gasteiger charge is -2.32. The van der Waals surface area contributed by atoms with Crippen LogP contribution in [0.3, 0.4) is 0 Å². The molecule has 18 heavy (non-hydrogen) atoms. The molecular formula is C14H19ClN2O. The summed E-state index contributed by atoms with van der Waals surface area (Å²) >= 11 is 5.94. The second-order valence-electron chi connectivity index (χ2n) is 4.94. The SMILES string of the molecule is CCC1CCCN(C(=O)c2cc(N)cc(Cl)c2)C1. The van der Waals surface area contributed by atoms with Crippen LogP contribution in [0, 0.1) is 5.92 Å². The summed E-state index contributed by atoms with van der Waals surface area (Å²) in [6, 6.07) is 5.04. The Morgan fingerprint density at radius 1 is 1.50 bits per heavy atom. The zero-order chi connectivity index (χ0) is 13.1. The molecule has 2 rings (SSSR count). The fourth-order valence-corrected chi connectivity index (χ4v) is 2.74. The molecule has 98 valence electrons. The van der Waals surface area contributed by atoms with Crippen LogP contribution in [0.1, 0.15) is 36.5 Å². The van der Waals surface area contributed by atoms with Crippen molar-refractivity contribution >= 4 is 23.2 Å². The van der Waals surface area contributed by atoms with Gasteiger partial charge in [0.1, 0.15) is 0 Å². The highest BCUT2D eigenvalue weighted by Crippen LogP contribution is 2.23. The first-order valence-corrected chi connectivity index (χ1v) is 6.83. The molecule has 1 saturated heterocycles. The molecule has 1 amide bonds. The Morgan fingerprint density at radius 2 is 2.28 bits per heavy atom. The fraction of sp³-hybridized carbons (Fsp3) is 0.500. The van der Waals surface area contributed by atoms with Crippen molar-refractivity contribution in [3.05, 3.63) is 28.8 Å². The van der Waals surface area contributed by atoms with Crippen molar-refractivity contribution < 1.29 is 4.79 Å². The second kappa shape index (κ2) is 5.61. The van der Waals surface area contributed by atoms with Crippen molar-refractivity contribution in [2.24, 2.45) is 5.92 Å². The minimum atomic E-state index is 0.0438. The largest absolute Gasteiger partial charge is 0.399 e. The van der Waals surface area contributed by atoms with E-state index in [1.54, 1.807) is 18.2 Å². The molecule has 1 unspecified atom stereocenters. The molecule has 0 spiro atoms. The van der Waals surface area contributed by atoms with Crippen LogP contribution in [0.5, 0.6) is 0 Å². The van der Waals surface area contributed by atoms with Crippen molar-refractivity contribution in [2.75, 3.05) is 18.8 Å². The van der Waals surface area contributed by atoms with Gasteiger partial charge in [0, 0.05) is 29.4 Å². The van der Waals surface area contributed by atoms with Crippen LogP contribution in [-0.4, -0.2) is 23.9 Å². The van der Waals surface area contributed by atoms with Gasteiger partial charge in [-0.3, -0.25) is 4.79 Å². The van der Waals surface area contributed by atoms with Crippen LogP contribution in [0.2, 0.25) is 5.02 Å². The highest BCUT2D eigenvalue weighted by molar-refractivity contribution is 6.31. The number of halogens is 1. The van der Waals surface area contributed by atoms with E-state index < -0.39 is 0 Å². The predicted octanol–water partition coefficient (Wildman–Crippen LogP) is 3.18. The van der Waals surface area contributed by atoms with Crippen LogP contribution in [0.15, 0.2) is 18.2 Å². The molecule has 0 saturated carbocycles. The van der Waals surface area contributed by atoms with Crippen molar-refractivity contribution in [3.63, 3.8) is 0 Å². The van der Waals surface area contributed by atoms with Crippen molar-refractivity contribution in [1.82, 2.24) is 4.90 Å². The van der Waals surface area contributed by atoms with E-state index in [-0.39, 0.29) is 5.91 Å². The van der Waals surface area contributed by atoms with Gasteiger partial charge in [-0.1, -0.05) is 24.9 Å². The normalized spacial score (nSPS) is 19.9. The second-order valence-corrected chi connectivity index (χ2v) is 5.38. The minimum Gasteiger partial charge on any atom is -0.399 e. The Morgan fingerprint density at radius 3 is 2.94 bits per heavy atom. The van der Waals surface area contributed by atoms with E-state index in [0.717, 1.165) is 25.9 Å². The highest BCUT2D eigenvalue weighted by atomic mass is 35.5. The molecule has 2 N–H and O–H groups in total. The van der Waals surface area contributed by atoms with Gasteiger partial charge < -0.3 is 10.6 Å². The first-order chi connectivity index (χ1) is 8.60. The van der Waals surface area contributed by atoms with Crippen molar-refractivity contribution in [2.45, 2.75) is 26.2 Å². The van der Waals surface area contributed by atoms with E-state index >= 15 is 0 Å². The summed E-state index contributed by atoms with van der Waals surface area (Å²) in [5.74, 6) is 0.668. The molecule has 1 aromatic carbocycles. The van der Waals surface area contributed by atoms with Gasteiger partial charge in [-0.15, -0.1) is 0 Å². The van der Waals surface area contributed by atoms with Crippen molar-refractivity contribution in [3.8, 4) is 0 Å². The third-order valence-electron chi connectivity index (χ3n) is 3.55. The molecule has 1 aromatic rings. The first kappa shape index (κ1) is 13.2. The molecular weight excluding hydrogens is 248 g/mol. The summed E-state index contributed by atoms with van der Waals surface area (Å²) in [6.07, 6.45) is 3.43. The fourth-order valence-electron chi connectivity index (χ4n) is 2.50. The van der Waals surface area contributed by atoms with Gasteiger partial charge in [-0.25, -0.2) is 0 Å². The minimum absolute atomic E-state index is 0.0438. The molecule has 1 aliphatic rings. The molecule has 3 nitrogen and oxygen atoms in total. The smallest absolute Gasteiger partial charge is 0.253 e. The summed E-state index contributed by atoms with van der Waals surface area (Å²) < 4.78 is 0. The first-order valence-electron chi connectivity index (χ1n) is 6.45. The number of nitrogen functional groups attached to an aromatic ring is 1. The number of anilines is 1. The van der Waals surface area contributed by atoms with Crippen molar-refractivity contribution in [1.29, 1.82) is 0 Å². The van der Waals surface area contributed by atoms with Gasteiger partial charge in [0.15, 0.2) is 0 Å². The number of hydrogen-bond donors (Lipinski definition) is 1. The Balaban J connectivity index is 2.15. The Kier molecular flexibility index (Phi) is 4.12. The molecule has 0 radical (unpaired) electrons. The van der Waals surface area contributed by atoms with E-state index in [4.69, 9.17) is 17.3 Å². The maximum atomic E-state index is 12.4. The van der Waals surface area contributed by atoms with Gasteiger partial charge >= 0.3 is 0 Å². The molecule has 1 fully saturated rings. The van der Waals surface area contributed by atoms with E-state index in [1.807, 2.05) is 4.90 Å². The number of nitrogens with two attached hydrogens (primary N) is 1. The number of carbonyl (C=O) groups is 1. The summed E-state index contributed by atoms with van der Waals surface area (Å²) in [5.41, 5.74) is 6.86. The number of nitrogens with zero attached hydrogens (tertiary/aromatic N) is 1. The number of amides is 1. The van der Waals surface area contributed by atoms with Crippen LogP contribution in [0.4, 0.5) is 5.69 Å². The van der Waals surface area contributed by atoms with Crippen LogP contribution in [0.25, 0.3) is 0 Å². The Labute approximate surface area is 113 Å². The number of rotatable bonds is 2. The van der Waals surface area contributed by atoms with Crippen LogP contribution in [-0.2, 0) is 0 Å². The van der Waals surface area contributed by atoms with Gasteiger partial charge in [0.25, 0.3) is 5.91 Å². The molecule has 4 heteroatoms. The number of likely N-dealkylation sites (tertiary alicyclic amines) is 1. The zero-order valence-electron chi connectivity index (χ0n) is 10.7. The average molecular weight is 267 g/mol. The number of hydrogen-bond acceptors (Lipinski definition) is 2. The predicted molar refractivity (Wildman–Crippen MR) is 74.8 cm³/mol. The summed E-state index contributed by atoms with van der Waals surface area (Å²) in [6.45, 7) is 3.86. The molecule has 0 bridgehead atoms. The average Bonchev–Trinajstić information content (AvgIpc) is 2.37. The third kappa shape index (κ3) is 2.96. The van der Waals surface area contributed by atoms with Crippen LogP contribution >= 0.6 is 11.6 Å². The van der Waals surface area contributed by atoms with Gasteiger partial charge in [0.2, 0.25) is 0 Å². The summed E-state index contributed by atoms with van der Waals surface area (Å²) in [4.78, 5) is 14.3. The monoisotopic (exact) mass is 266 g/mol. The topological polar surface area (TPSA) is 46.3 Å². The van der Waals surface area contributed by atoms with Crippen LogP contribution < -0.4 is 5.73 Å². The third-order valence-corrected chi connectivity index (χ3v) is 3.77. The van der Waals surface area contributed by atoms with E-state index in [0.29, 0.717) is 22.2 Å². The zero-order valence-corrected chi connectivity index (χ0v) is 11.4. The molecule has 1 atom stereocenters. The lowest BCUT2D eigenvalue weighted by molar-refractivity contribution is 0.0671. The molecule has 1 heterocycles. The summed E-state index contributed by atoms with van der Waals surface area (Å²) in [7, 11) is 0. The maximum Gasteiger partial charge on any atom is 0.253 e. The van der Waals surface area contributed by atoms with Gasteiger partial charge in [0.05, 0.1) is 0 Å². The highest BCUT2D eigenvalue weighted by Gasteiger charge is 2.23. The molecule has 0 aliphatic carbocycles. The summed E-state index contributed by atoms with van der Waals surface area (Å²) in [5, 5.41) is 0.516. The maximum absolute atomic E-state index is 12.4. The lowest BCUT2D eigenvalue weighted by atomic mass is 9.95. The standard InChI is InChI=1S/C14H19ClN2O/c1-2-10-4-3-5-17(9-10)14(18)11-6-12(15)8-13(16)7-11/h6-8,10H,2-5,9,16H2,1H3. The van der Waals surface area contributed by atoms with Gasteiger partial charge in [-0.2, -0.15) is 0 Å². The number of piperidine rings is 1. The van der Waals surface area contributed by atoms with E-state index in [1.165, 1.54) is 6.42 Å². The molecule has 1 aliphatic heterocycles. The van der Waals surface area contributed by atoms with Gasteiger partial charge in [-0.05, 0) is 37.0 Å².